The number of carbonyl (C=O) groups excluding carboxylic acids is 2. The van der Waals surface area contributed by atoms with Crippen LogP contribution in [-0.4, -0.2) is 18.9 Å². The average Bonchev–Trinajstić information content (AvgIpc) is 2.58. The van der Waals surface area contributed by atoms with Gasteiger partial charge in [0.15, 0.2) is 0 Å². The van der Waals surface area contributed by atoms with Gasteiger partial charge in [0.1, 0.15) is 12.2 Å². The van der Waals surface area contributed by atoms with E-state index >= 15 is 0 Å². The van der Waals surface area contributed by atoms with Gasteiger partial charge in [-0.15, -0.1) is 0 Å². The third kappa shape index (κ3) is 5.43. The van der Waals surface area contributed by atoms with Gasteiger partial charge in [-0.3, -0.25) is 9.59 Å². The summed E-state index contributed by atoms with van der Waals surface area (Å²) in [4.78, 5) is 23.7. The molecular formula is C19H22N2O3. The van der Waals surface area contributed by atoms with Gasteiger partial charge in [0.05, 0.1) is 7.11 Å². The number of rotatable bonds is 7. The first-order valence-electron chi connectivity index (χ1n) is 7.79. The number of amides is 2. The molecule has 2 N–H and O–H groups in total. The fraction of sp³-hybridized carbons (Fsp3) is 0.263. The molecule has 0 aromatic heterocycles. The number of hydrogen-bond acceptors (Lipinski definition) is 3. The Bertz CT molecular complexity index is 713. The summed E-state index contributed by atoms with van der Waals surface area (Å²) >= 11 is 0. The van der Waals surface area contributed by atoms with Crippen molar-refractivity contribution in [3.63, 3.8) is 0 Å². The number of carbonyl (C=O) groups is 2. The Morgan fingerprint density at radius 3 is 2.38 bits per heavy atom. The summed E-state index contributed by atoms with van der Waals surface area (Å²) in [6.07, 6.45) is -0.193. The highest BCUT2D eigenvalue weighted by atomic mass is 16.5. The van der Waals surface area contributed by atoms with Gasteiger partial charge in [0.25, 0.3) is 0 Å². The first-order valence-corrected chi connectivity index (χ1v) is 7.79. The van der Waals surface area contributed by atoms with Crippen LogP contribution in [0, 0.1) is 6.92 Å². The van der Waals surface area contributed by atoms with Crippen LogP contribution in [0.2, 0.25) is 0 Å². The molecule has 0 fully saturated rings. The Kier molecular flexibility index (Phi) is 6.37. The Labute approximate surface area is 142 Å². The van der Waals surface area contributed by atoms with Crippen molar-refractivity contribution in [3.05, 3.63) is 65.2 Å². The molecule has 0 unspecified atom stereocenters. The smallest absolute Gasteiger partial charge is 0.229 e. The van der Waals surface area contributed by atoms with Crippen LogP contribution >= 0.6 is 0 Å². The number of aryl methyl sites for hydroxylation is 1. The van der Waals surface area contributed by atoms with E-state index in [1.807, 2.05) is 55.5 Å². The molecule has 24 heavy (non-hydrogen) atoms. The molecule has 126 valence electrons. The number of benzene rings is 2. The highest BCUT2D eigenvalue weighted by Gasteiger charge is 2.10. The maximum absolute atomic E-state index is 11.9. The molecule has 0 saturated carbocycles. The highest BCUT2D eigenvalue weighted by molar-refractivity contribution is 5.96. The third-order valence-electron chi connectivity index (χ3n) is 3.56. The topological polar surface area (TPSA) is 67.4 Å². The van der Waals surface area contributed by atoms with E-state index in [-0.39, 0.29) is 18.2 Å². The van der Waals surface area contributed by atoms with Gasteiger partial charge in [-0.25, -0.2) is 0 Å². The minimum absolute atomic E-state index is 0.193. The van der Waals surface area contributed by atoms with Crippen LogP contribution in [0.3, 0.4) is 0 Å². The van der Waals surface area contributed by atoms with Crippen molar-refractivity contribution in [2.24, 2.45) is 0 Å². The van der Waals surface area contributed by atoms with Gasteiger partial charge in [-0.05, 0) is 18.6 Å². The van der Waals surface area contributed by atoms with E-state index in [1.54, 1.807) is 7.11 Å². The fourth-order valence-electron chi connectivity index (χ4n) is 2.34. The van der Waals surface area contributed by atoms with Gasteiger partial charge in [0, 0.05) is 18.7 Å². The second kappa shape index (κ2) is 8.72. The van der Waals surface area contributed by atoms with E-state index in [1.165, 1.54) is 0 Å². The SMILES string of the molecule is COc1ccccc1CNC(=O)CC(=O)NCc1cccc(C)c1. The van der Waals surface area contributed by atoms with E-state index in [0.717, 1.165) is 16.7 Å². The molecule has 0 aliphatic heterocycles. The third-order valence-corrected chi connectivity index (χ3v) is 3.56. The average molecular weight is 326 g/mol. The molecule has 2 aromatic carbocycles. The van der Waals surface area contributed by atoms with Crippen LogP contribution in [0.15, 0.2) is 48.5 Å². The monoisotopic (exact) mass is 326 g/mol. The second-order valence-corrected chi connectivity index (χ2v) is 5.53. The largest absolute Gasteiger partial charge is 0.496 e. The summed E-state index contributed by atoms with van der Waals surface area (Å²) in [5.41, 5.74) is 3.02. The lowest BCUT2D eigenvalue weighted by atomic mass is 10.1. The molecule has 2 rings (SSSR count). The van der Waals surface area contributed by atoms with Crippen molar-refractivity contribution in [1.29, 1.82) is 0 Å². The van der Waals surface area contributed by atoms with Gasteiger partial charge in [-0.2, -0.15) is 0 Å². The Morgan fingerprint density at radius 1 is 0.958 bits per heavy atom. The Balaban J connectivity index is 1.76. The zero-order valence-electron chi connectivity index (χ0n) is 14.0. The van der Waals surface area contributed by atoms with Crippen LogP contribution in [0.4, 0.5) is 0 Å². The summed E-state index contributed by atoms with van der Waals surface area (Å²) in [7, 11) is 1.58. The maximum Gasteiger partial charge on any atom is 0.229 e. The number of para-hydroxylation sites is 1. The van der Waals surface area contributed by atoms with Crippen molar-refractivity contribution in [1.82, 2.24) is 10.6 Å². The molecular weight excluding hydrogens is 304 g/mol. The van der Waals surface area contributed by atoms with E-state index in [0.29, 0.717) is 18.8 Å². The second-order valence-electron chi connectivity index (χ2n) is 5.53. The lowest BCUT2D eigenvalue weighted by molar-refractivity contribution is -0.129. The first-order chi connectivity index (χ1) is 11.6. The quantitative estimate of drug-likeness (QED) is 0.767. The van der Waals surface area contributed by atoms with Gasteiger partial charge in [0.2, 0.25) is 11.8 Å². The molecule has 0 heterocycles. The summed E-state index contributed by atoms with van der Waals surface area (Å²) in [6.45, 7) is 2.74. The van der Waals surface area contributed by atoms with E-state index in [2.05, 4.69) is 10.6 Å². The van der Waals surface area contributed by atoms with Gasteiger partial charge in [-0.1, -0.05) is 48.0 Å². The summed E-state index contributed by atoms with van der Waals surface area (Å²) in [5.74, 6) is 0.0957. The molecule has 0 spiro atoms. The number of methoxy groups -OCH3 is 1. The maximum atomic E-state index is 11.9. The van der Waals surface area contributed by atoms with Gasteiger partial charge < -0.3 is 15.4 Å². The summed E-state index contributed by atoms with van der Waals surface area (Å²) < 4.78 is 5.23. The van der Waals surface area contributed by atoms with Crippen LogP contribution < -0.4 is 15.4 Å². The molecule has 0 bridgehead atoms. The van der Waals surface area contributed by atoms with Crippen LogP contribution in [0.1, 0.15) is 23.1 Å². The van der Waals surface area contributed by atoms with Crippen LogP contribution in [0.25, 0.3) is 0 Å². The van der Waals surface area contributed by atoms with Crippen molar-refractivity contribution >= 4 is 11.8 Å². The van der Waals surface area contributed by atoms with Crippen molar-refractivity contribution in [2.45, 2.75) is 26.4 Å². The molecule has 0 aliphatic rings. The Morgan fingerprint density at radius 2 is 1.67 bits per heavy atom. The molecule has 5 nitrogen and oxygen atoms in total. The van der Waals surface area contributed by atoms with E-state index < -0.39 is 0 Å². The number of nitrogens with one attached hydrogen (secondary N) is 2. The standard InChI is InChI=1S/C19H22N2O3/c1-14-6-5-7-15(10-14)12-20-18(22)11-19(23)21-13-16-8-3-4-9-17(16)24-2/h3-10H,11-13H2,1-2H3,(H,20,22)(H,21,23). The van der Waals surface area contributed by atoms with E-state index in [9.17, 15) is 9.59 Å². The molecule has 0 aliphatic carbocycles. The minimum Gasteiger partial charge on any atom is -0.496 e. The predicted molar refractivity (Wildman–Crippen MR) is 92.5 cm³/mol. The van der Waals surface area contributed by atoms with Crippen LogP contribution in [0.5, 0.6) is 5.75 Å². The van der Waals surface area contributed by atoms with Crippen molar-refractivity contribution in [3.8, 4) is 5.75 Å². The lowest BCUT2D eigenvalue weighted by Crippen LogP contribution is -2.31. The lowest BCUT2D eigenvalue weighted by Gasteiger charge is -2.10. The molecule has 2 amide bonds. The van der Waals surface area contributed by atoms with Gasteiger partial charge >= 0.3 is 0 Å². The molecule has 5 heteroatoms. The zero-order valence-corrected chi connectivity index (χ0v) is 14.0. The highest BCUT2D eigenvalue weighted by Crippen LogP contribution is 2.16. The summed E-state index contributed by atoms with van der Waals surface area (Å²) in [6, 6.07) is 15.3. The zero-order chi connectivity index (χ0) is 17.4. The normalized spacial score (nSPS) is 10.1. The molecule has 2 aromatic rings. The summed E-state index contributed by atoms with van der Waals surface area (Å²) in [5, 5.41) is 5.49. The van der Waals surface area contributed by atoms with Crippen molar-refractivity contribution < 1.29 is 14.3 Å². The molecule has 0 radical (unpaired) electrons. The van der Waals surface area contributed by atoms with Crippen molar-refractivity contribution in [2.75, 3.05) is 7.11 Å². The number of ether oxygens (including phenoxy) is 1. The predicted octanol–water partition coefficient (Wildman–Crippen LogP) is 2.33. The van der Waals surface area contributed by atoms with E-state index in [4.69, 9.17) is 4.74 Å². The Hall–Kier alpha value is -2.82. The van der Waals surface area contributed by atoms with Crippen LogP contribution in [-0.2, 0) is 22.7 Å². The minimum atomic E-state index is -0.317. The first kappa shape index (κ1) is 17.5. The molecule has 0 atom stereocenters. The number of hydrogen-bond donors (Lipinski definition) is 2. The molecule has 0 saturated heterocycles. The fourth-order valence-corrected chi connectivity index (χ4v) is 2.34.